The Balaban J connectivity index is 1.79. The summed E-state index contributed by atoms with van der Waals surface area (Å²) in [5.74, 6) is 0. The number of hydrogen-bond donors (Lipinski definition) is 0. The van der Waals surface area contributed by atoms with E-state index in [2.05, 4.69) is 59.2 Å². The summed E-state index contributed by atoms with van der Waals surface area (Å²) in [4.78, 5) is 5.12. The lowest BCUT2D eigenvalue weighted by Gasteiger charge is -2.40. The third kappa shape index (κ3) is 5.27. The van der Waals surface area contributed by atoms with Crippen molar-refractivity contribution in [1.82, 2.24) is 9.80 Å². The van der Waals surface area contributed by atoms with Crippen LogP contribution in [0.15, 0.2) is 36.4 Å². The molecule has 0 unspecified atom stereocenters. The van der Waals surface area contributed by atoms with E-state index >= 15 is 0 Å². The van der Waals surface area contributed by atoms with Gasteiger partial charge in [-0.3, -0.25) is 9.80 Å². The molecule has 0 radical (unpaired) electrons. The maximum atomic E-state index is 5.21. The van der Waals surface area contributed by atoms with Crippen LogP contribution >= 0.6 is 0 Å². The molecule has 3 heteroatoms. The molecule has 1 heterocycles. The highest BCUT2D eigenvalue weighted by atomic mass is 16.5. The van der Waals surface area contributed by atoms with E-state index in [1.165, 1.54) is 18.5 Å². The molecule has 1 fully saturated rings. The Hall–Kier alpha value is -1.16. The fourth-order valence-corrected chi connectivity index (χ4v) is 2.92. The van der Waals surface area contributed by atoms with E-state index in [9.17, 15) is 0 Å². The molecule has 21 heavy (non-hydrogen) atoms. The van der Waals surface area contributed by atoms with E-state index in [1.54, 1.807) is 7.11 Å². The summed E-state index contributed by atoms with van der Waals surface area (Å²) in [7, 11) is 1.78. The van der Waals surface area contributed by atoms with Gasteiger partial charge in [0.05, 0.1) is 6.61 Å². The van der Waals surface area contributed by atoms with E-state index in [1.807, 2.05) is 0 Å². The SMILES string of the molecule is CC[C@H]1CN(C/C=C\c2ccccc2)CCN1CCOC. The Labute approximate surface area is 129 Å². The molecular formula is C18H28N2O. The Morgan fingerprint density at radius 1 is 1.24 bits per heavy atom. The van der Waals surface area contributed by atoms with Gasteiger partial charge in [0, 0.05) is 45.9 Å². The van der Waals surface area contributed by atoms with Crippen LogP contribution in [0.25, 0.3) is 6.08 Å². The first-order chi connectivity index (χ1) is 10.3. The number of piperazine rings is 1. The van der Waals surface area contributed by atoms with Crippen LogP contribution in [0.2, 0.25) is 0 Å². The third-order valence-electron chi connectivity index (χ3n) is 4.22. The van der Waals surface area contributed by atoms with Crippen molar-refractivity contribution in [2.45, 2.75) is 19.4 Å². The smallest absolute Gasteiger partial charge is 0.0589 e. The minimum absolute atomic E-state index is 0.666. The van der Waals surface area contributed by atoms with E-state index in [0.717, 1.165) is 32.8 Å². The summed E-state index contributed by atoms with van der Waals surface area (Å²) in [5.41, 5.74) is 1.28. The quantitative estimate of drug-likeness (QED) is 0.767. The van der Waals surface area contributed by atoms with Gasteiger partial charge in [-0.05, 0) is 12.0 Å². The van der Waals surface area contributed by atoms with Crippen molar-refractivity contribution in [1.29, 1.82) is 0 Å². The van der Waals surface area contributed by atoms with Crippen LogP contribution in [0, 0.1) is 0 Å². The first kappa shape index (κ1) is 16.2. The molecule has 116 valence electrons. The number of methoxy groups -OCH3 is 1. The van der Waals surface area contributed by atoms with E-state index < -0.39 is 0 Å². The largest absolute Gasteiger partial charge is 0.383 e. The molecule has 0 bridgehead atoms. The summed E-state index contributed by atoms with van der Waals surface area (Å²) in [6, 6.07) is 11.2. The molecule has 0 spiro atoms. The van der Waals surface area contributed by atoms with Gasteiger partial charge >= 0.3 is 0 Å². The first-order valence-corrected chi connectivity index (χ1v) is 8.00. The Morgan fingerprint density at radius 3 is 2.76 bits per heavy atom. The van der Waals surface area contributed by atoms with Crippen LogP contribution < -0.4 is 0 Å². The monoisotopic (exact) mass is 288 g/mol. The van der Waals surface area contributed by atoms with Crippen LogP contribution in [-0.4, -0.2) is 62.3 Å². The van der Waals surface area contributed by atoms with Crippen molar-refractivity contribution in [2.24, 2.45) is 0 Å². The second-order valence-corrected chi connectivity index (χ2v) is 5.66. The average molecular weight is 288 g/mol. The van der Waals surface area contributed by atoms with Gasteiger partial charge in [-0.2, -0.15) is 0 Å². The van der Waals surface area contributed by atoms with Crippen LogP contribution in [0.1, 0.15) is 18.9 Å². The minimum Gasteiger partial charge on any atom is -0.383 e. The molecule has 2 rings (SSSR count). The topological polar surface area (TPSA) is 15.7 Å². The minimum atomic E-state index is 0.666. The molecule has 3 nitrogen and oxygen atoms in total. The lowest BCUT2D eigenvalue weighted by molar-refractivity contribution is 0.0547. The zero-order valence-electron chi connectivity index (χ0n) is 13.4. The highest BCUT2D eigenvalue weighted by Gasteiger charge is 2.24. The second-order valence-electron chi connectivity index (χ2n) is 5.66. The van der Waals surface area contributed by atoms with Crippen LogP contribution in [0.5, 0.6) is 0 Å². The van der Waals surface area contributed by atoms with Gasteiger partial charge in [0.2, 0.25) is 0 Å². The van der Waals surface area contributed by atoms with Gasteiger partial charge in [-0.1, -0.05) is 49.4 Å². The molecule has 0 N–H and O–H groups in total. The molecule has 1 aliphatic heterocycles. The molecule has 1 aromatic carbocycles. The fourth-order valence-electron chi connectivity index (χ4n) is 2.92. The molecule has 0 aromatic heterocycles. The van der Waals surface area contributed by atoms with Crippen molar-refractivity contribution in [3.8, 4) is 0 Å². The molecule has 0 amide bonds. The lowest BCUT2D eigenvalue weighted by atomic mass is 10.1. The fraction of sp³-hybridized carbons (Fsp3) is 0.556. The summed E-state index contributed by atoms with van der Waals surface area (Å²) < 4.78 is 5.21. The van der Waals surface area contributed by atoms with Crippen LogP contribution in [0.3, 0.4) is 0 Å². The van der Waals surface area contributed by atoms with Crippen molar-refractivity contribution < 1.29 is 4.74 Å². The number of hydrogen-bond acceptors (Lipinski definition) is 3. The highest BCUT2D eigenvalue weighted by Crippen LogP contribution is 2.13. The van der Waals surface area contributed by atoms with Crippen molar-refractivity contribution >= 4 is 6.08 Å². The Kier molecular flexibility index (Phi) is 6.93. The normalized spacial score (nSPS) is 21.1. The molecule has 0 saturated carbocycles. The molecule has 0 aliphatic carbocycles. The molecule has 1 atom stereocenters. The number of ether oxygens (including phenoxy) is 1. The Bertz CT molecular complexity index is 418. The number of nitrogens with zero attached hydrogens (tertiary/aromatic N) is 2. The van der Waals surface area contributed by atoms with Gasteiger partial charge in [0.1, 0.15) is 0 Å². The third-order valence-corrected chi connectivity index (χ3v) is 4.22. The lowest BCUT2D eigenvalue weighted by Crippen LogP contribution is -2.53. The summed E-state index contributed by atoms with van der Waals surface area (Å²) in [5, 5.41) is 0. The van der Waals surface area contributed by atoms with Gasteiger partial charge in [-0.15, -0.1) is 0 Å². The summed E-state index contributed by atoms with van der Waals surface area (Å²) in [6.45, 7) is 8.70. The molecular weight excluding hydrogens is 260 g/mol. The summed E-state index contributed by atoms with van der Waals surface area (Å²) in [6.07, 6.45) is 5.72. The van der Waals surface area contributed by atoms with E-state index in [0.29, 0.717) is 6.04 Å². The molecule has 1 aromatic rings. The number of rotatable bonds is 7. The van der Waals surface area contributed by atoms with Gasteiger partial charge in [-0.25, -0.2) is 0 Å². The van der Waals surface area contributed by atoms with Crippen LogP contribution in [-0.2, 0) is 4.74 Å². The molecule has 1 aliphatic rings. The van der Waals surface area contributed by atoms with Crippen molar-refractivity contribution in [3.05, 3.63) is 42.0 Å². The van der Waals surface area contributed by atoms with E-state index in [-0.39, 0.29) is 0 Å². The highest BCUT2D eigenvalue weighted by molar-refractivity contribution is 5.48. The van der Waals surface area contributed by atoms with Crippen molar-refractivity contribution in [2.75, 3.05) is 46.4 Å². The predicted octanol–water partition coefficient (Wildman–Crippen LogP) is 2.74. The Morgan fingerprint density at radius 2 is 2.05 bits per heavy atom. The second kappa shape index (κ2) is 8.98. The van der Waals surface area contributed by atoms with Gasteiger partial charge in [0.15, 0.2) is 0 Å². The van der Waals surface area contributed by atoms with Crippen LogP contribution in [0.4, 0.5) is 0 Å². The summed E-state index contributed by atoms with van der Waals surface area (Å²) >= 11 is 0. The standard InChI is InChI=1S/C18H28N2O/c1-3-18-16-19(12-13-20(18)14-15-21-2)11-7-10-17-8-5-4-6-9-17/h4-10,18H,3,11-16H2,1-2H3/b10-7-/t18-/m0/s1. The van der Waals surface area contributed by atoms with Gasteiger partial charge < -0.3 is 4.74 Å². The maximum absolute atomic E-state index is 5.21. The number of benzene rings is 1. The van der Waals surface area contributed by atoms with Crippen molar-refractivity contribution in [3.63, 3.8) is 0 Å². The zero-order chi connectivity index (χ0) is 14.9. The average Bonchev–Trinajstić information content (AvgIpc) is 2.54. The zero-order valence-corrected chi connectivity index (χ0v) is 13.4. The molecule has 1 saturated heterocycles. The van der Waals surface area contributed by atoms with E-state index in [4.69, 9.17) is 4.74 Å². The maximum Gasteiger partial charge on any atom is 0.0589 e. The predicted molar refractivity (Wildman–Crippen MR) is 89.4 cm³/mol. The first-order valence-electron chi connectivity index (χ1n) is 8.00. The van der Waals surface area contributed by atoms with Gasteiger partial charge in [0.25, 0.3) is 0 Å².